The normalized spacial score (nSPS) is 23.0. The van der Waals surface area contributed by atoms with Crippen LogP contribution in [0, 0.1) is 0 Å². The average molecular weight is 342 g/mol. The van der Waals surface area contributed by atoms with Gasteiger partial charge >= 0.3 is 6.18 Å². The molecule has 5 nitrogen and oxygen atoms in total. The maximum atomic E-state index is 12.7. The van der Waals surface area contributed by atoms with E-state index in [1.807, 2.05) is 0 Å². The van der Waals surface area contributed by atoms with Crippen LogP contribution >= 0.6 is 0 Å². The fourth-order valence-electron chi connectivity index (χ4n) is 3.38. The highest BCUT2D eigenvalue weighted by atomic mass is 19.4. The van der Waals surface area contributed by atoms with Gasteiger partial charge in [0.1, 0.15) is 0 Å². The lowest BCUT2D eigenvalue weighted by Gasteiger charge is -2.30. The van der Waals surface area contributed by atoms with Gasteiger partial charge in [0, 0.05) is 19.1 Å². The van der Waals surface area contributed by atoms with Gasteiger partial charge in [0.05, 0.1) is 11.1 Å². The van der Waals surface area contributed by atoms with Gasteiger partial charge in [-0.1, -0.05) is 12.1 Å². The summed E-state index contributed by atoms with van der Waals surface area (Å²) in [6.45, 7) is 0.525. The number of imide groups is 1. The van der Waals surface area contributed by atoms with E-state index in [1.54, 1.807) is 24.3 Å². The fraction of sp³-hybridized carbons (Fsp3) is 0.500. The highest BCUT2D eigenvalue weighted by Crippen LogP contribution is 2.30. The van der Waals surface area contributed by atoms with Crippen molar-refractivity contribution in [2.75, 3.05) is 19.6 Å². The Labute approximate surface area is 136 Å². The maximum absolute atomic E-state index is 12.7. The summed E-state index contributed by atoms with van der Waals surface area (Å²) in [6, 6.07) is 5.40. The van der Waals surface area contributed by atoms with Gasteiger partial charge in [0.25, 0.3) is 11.8 Å². The molecule has 3 rings (SSSR count). The van der Waals surface area contributed by atoms with Crippen molar-refractivity contribution < 1.29 is 27.9 Å². The molecule has 0 spiro atoms. The molecule has 1 fully saturated rings. The largest absolute Gasteiger partial charge is 0.415 e. The second kappa shape index (κ2) is 6.18. The quantitative estimate of drug-likeness (QED) is 0.846. The number of aliphatic hydroxyl groups excluding tert-OH is 1. The van der Waals surface area contributed by atoms with Crippen molar-refractivity contribution >= 4 is 11.8 Å². The number of hydrogen-bond acceptors (Lipinski definition) is 4. The summed E-state index contributed by atoms with van der Waals surface area (Å²) < 4.78 is 38.2. The number of nitrogens with zero attached hydrogens (tertiary/aromatic N) is 2. The standard InChI is InChI=1S/C16H17F3N2O3/c17-16(18,19)13(22)12-6-3-7-20(12)8-9-21-14(23)10-4-1-2-5-11(10)15(21)24/h1-2,4-5,12-13,22H,3,6-9H2/t12-,13-/m1/s1. The van der Waals surface area contributed by atoms with E-state index < -0.39 is 30.1 Å². The van der Waals surface area contributed by atoms with Crippen LogP contribution < -0.4 is 0 Å². The predicted molar refractivity (Wildman–Crippen MR) is 78.5 cm³/mol. The van der Waals surface area contributed by atoms with E-state index in [1.165, 1.54) is 4.90 Å². The SMILES string of the molecule is O=C1c2ccccc2C(=O)N1CCN1CCC[C@@H]1[C@@H](O)C(F)(F)F. The number of fused-ring (bicyclic) bond motifs is 1. The minimum atomic E-state index is -4.68. The van der Waals surface area contributed by atoms with Gasteiger partial charge in [0.15, 0.2) is 6.10 Å². The van der Waals surface area contributed by atoms with E-state index in [9.17, 15) is 27.9 Å². The van der Waals surface area contributed by atoms with Crippen LogP contribution in [-0.2, 0) is 0 Å². The molecular formula is C16H17F3N2O3. The summed E-state index contributed by atoms with van der Waals surface area (Å²) >= 11 is 0. The first kappa shape index (κ1) is 16.9. The summed E-state index contributed by atoms with van der Waals surface area (Å²) in [5.41, 5.74) is 0.631. The van der Waals surface area contributed by atoms with Crippen molar-refractivity contribution in [1.82, 2.24) is 9.80 Å². The van der Waals surface area contributed by atoms with Crippen LogP contribution in [-0.4, -0.2) is 64.7 Å². The average Bonchev–Trinajstić information content (AvgIpc) is 3.09. The molecule has 1 saturated heterocycles. The smallest absolute Gasteiger partial charge is 0.382 e. The third-order valence-electron chi connectivity index (χ3n) is 4.60. The first-order valence-corrected chi connectivity index (χ1v) is 7.75. The van der Waals surface area contributed by atoms with E-state index in [0.717, 1.165) is 4.90 Å². The Hall–Kier alpha value is -1.93. The molecular weight excluding hydrogens is 325 g/mol. The van der Waals surface area contributed by atoms with Crippen molar-refractivity contribution in [2.24, 2.45) is 0 Å². The number of aliphatic hydroxyl groups is 1. The zero-order valence-electron chi connectivity index (χ0n) is 12.8. The first-order valence-electron chi connectivity index (χ1n) is 7.75. The highest BCUT2D eigenvalue weighted by molar-refractivity contribution is 6.21. The van der Waals surface area contributed by atoms with Crippen molar-refractivity contribution in [3.05, 3.63) is 35.4 Å². The maximum Gasteiger partial charge on any atom is 0.415 e. The molecule has 0 saturated carbocycles. The van der Waals surface area contributed by atoms with Crippen LogP contribution in [0.1, 0.15) is 33.6 Å². The van der Waals surface area contributed by atoms with Crippen LogP contribution in [0.5, 0.6) is 0 Å². The number of carbonyl (C=O) groups is 2. The summed E-state index contributed by atoms with van der Waals surface area (Å²) in [6.07, 6.45) is -6.31. The number of halogens is 3. The zero-order valence-corrected chi connectivity index (χ0v) is 12.8. The summed E-state index contributed by atoms with van der Waals surface area (Å²) in [4.78, 5) is 27.0. The monoisotopic (exact) mass is 342 g/mol. The Morgan fingerprint density at radius 1 is 1.12 bits per heavy atom. The molecule has 2 heterocycles. The molecule has 0 bridgehead atoms. The van der Waals surface area contributed by atoms with Gasteiger partial charge in [-0.25, -0.2) is 0 Å². The molecule has 1 N–H and O–H groups in total. The minimum Gasteiger partial charge on any atom is -0.382 e. The third kappa shape index (κ3) is 2.91. The molecule has 2 aliphatic rings. The number of likely N-dealkylation sites (tertiary alicyclic amines) is 1. The van der Waals surface area contributed by atoms with Gasteiger partial charge in [0.2, 0.25) is 0 Å². The molecule has 2 aliphatic heterocycles. The fourth-order valence-corrected chi connectivity index (χ4v) is 3.38. The van der Waals surface area contributed by atoms with Crippen molar-refractivity contribution in [3.63, 3.8) is 0 Å². The Morgan fingerprint density at radius 2 is 1.71 bits per heavy atom. The second-order valence-electron chi connectivity index (χ2n) is 6.04. The van der Waals surface area contributed by atoms with E-state index >= 15 is 0 Å². The van der Waals surface area contributed by atoms with E-state index in [4.69, 9.17) is 0 Å². The topological polar surface area (TPSA) is 60.9 Å². The molecule has 24 heavy (non-hydrogen) atoms. The first-order chi connectivity index (χ1) is 11.3. The predicted octanol–water partition coefficient (Wildman–Crippen LogP) is 1.67. The van der Waals surface area contributed by atoms with Crippen molar-refractivity contribution in [2.45, 2.75) is 31.2 Å². The second-order valence-corrected chi connectivity index (χ2v) is 6.04. The number of carbonyl (C=O) groups excluding carboxylic acids is 2. The summed E-state index contributed by atoms with van der Waals surface area (Å²) in [5.74, 6) is -0.856. The van der Waals surface area contributed by atoms with Crippen molar-refractivity contribution in [1.29, 1.82) is 0 Å². The van der Waals surface area contributed by atoms with Crippen LogP contribution in [0.15, 0.2) is 24.3 Å². The van der Waals surface area contributed by atoms with E-state index in [-0.39, 0.29) is 19.5 Å². The molecule has 8 heteroatoms. The van der Waals surface area contributed by atoms with Crippen LogP contribution in [0.2, 0.25) is 0 Å². The molecule has 0 unspecified atom stereocenters. The lowest BCUT2D eigenvalue weighted by Crippen LogP contribution is -2.49. The number of rotatable bonds is 4. The van der Waals surface area contributed by atoms with Gasteiger partial charge in [-0.05, 0) is 31.5 Å². The zero-order chi connectivity index (χ0) is 17.5. The third-order valence-corrected chi connectivity index (χ3v) is 4.60. The minimum absolute atomic E-state index is 0.00736. The molecule has 0 radical (unpaired) electrons. The van der Waals surface area contributed by atoms with Gasteiger partial charge < -0.3 is 5.11 Å². The molecule has 0 aromatic heterocycles. The Bertz CT molecular complexity index is 627. The molecule has 2 amide bonds. The highest BCUT2D eigenvalue weighted by Gasteiger charge is 2.47. The van der Waals surface area contributed by atoms with Crippen molar-refractivity contribution in [3.8, 4) is 0 Å². The lowest BCUT2D eigenvalue weighted by atomic mass is 10.1. The molecule has 1 aromatic carbocycles. The number of hydrogen-bond donors (Lipinski definition) is 1. The summed E-state index contributed by atoms with van der Waals surface area (Å²) in [5, 5.41) is 9.48. The van der Waals surface area contributed by atoms with Gasteiger partial charge in [-0.3, -0.25) is 19.4 Å². The summed E-state index contributed by atoms with van der Waals surface area (Å²) in [7, 11) is 0. The molecule has 2 atom stereocenters. The number of amides is 2. The lowest BCUT2D eigenvalue weighted by molar-refractivity contribution is -0.219. The Morgan fingerprint density at radius 3 is 2.25 bits per heavy atom. The Balaban J connectivity index is 1.66. The van der Waals surface area contributed by atoms with Crippen LogP contribution in [0.4, 0.5) is 13.2 Å². The molecule has 0 aliphatic carbocycles. The van der Waals surface area contributed by atoms with Gasteiger partial charge in [-0.15, -0.1) is 0 Å². The van der Waals surface area contributed by atoms with Crippen LogP contribution in [0.3, 0.4) is 0 Å². The van der Waals surface area contributed by atoms with Gasteiger partial charge in [-0.2, -0.15) is 13.2 Å². The molecule has 130 valence electrons. The molecule has 1 aromatic rings. The van der Waals surface area contributed by atoms with E-state index in [0.29, 0.717) is 24.1 Å². The Kier molecular flexibility index (Phi) is 4.35. The number of benzene rings is 1. The number of alkyl halides is 3. The van der Waals surface area contributed by atoms with E-state index in [2.05, 4.69) is 0 Å². The van der Waals surface area contributed by atoms with Crippen LogP contribution in [0.25, 0.3) is 0 Å².